The number of phenols is 1. The smallest absolute Gasteiger partial charge is 0.270 e. The second-order valence-electron chi connectivity index (χ2n) is 2.63. The molecule has 1 aromatic heterocycles. The number of phenolic OH excluding ortho intramolecular Hbond substituents is 1. The van der Waals surface area contributed by atoms with Gasteiger partial charge in [-0.05, 0) is 12.1 Å². The first-order chi connectivity index (χ1) is 6.31. The molecule has 0 bridgehead atoms. The van der Waals surface area contributed by atoms with E-state index in [1.54, 1.807) is 24.3 Å². The van der Waals surface area contributed by atoms with Crippen LogP contribution in [0.25, 0.3) is 15.7 Å². The quantitative estimate of drug-likeness (QED) is 0.617. The van der Waals surface area contributed by atoms with Gasteiger partial charge in [0, 0.05) is 5.39 Å². The van der Waals surface area contributed by atoms with Crippen molar-refractivity contribution in [2.75, 3.05) is 0 Å². The third-order valence-corrected chi connectivity index (χ3v) is 1.80. The normalized spacial score (nSPS) is 9.77. The second-order valence-corrected chi connectivity index (χ2v) is 2.63. The lowest BCUT2D eigenvalue weighted by Gasteiger charge is -1.95. The molecule has 0 aliphatic carbocycles. The highest BCUT2D eigenvalue weighted by atomic mass is 16.3. The summed E-state index contributed by atoms with van der Waals surface area (Å²) in [7, 11) is 0. The number of hydrogen-bond donors (Lipinski definition) is 1. The molecule has 1 N–H and O–H groups in total. The molecular formula is C10H6N2O. The molecule has 0 aliphatic heterocycles. The monoisotopic (exact) mass is 170 g/mol. The van der Waals surface area contributed by atoms with Crippen molar-refractivity contribution in [1.29, 1.82) is 0 Å². The van der Waals surface area contributed by atoms with E-state index in [-0.39, 0.29) is 5.75 Å². The predicted octanol–water partition coefficient (Wildman–Crippen LogP) is 2.49. The molecule has 0 unspecified atom stereocenters. The van der Waals surface area contributed by atoms with E-state index in [0.29, 0.717) is 11.3 Å². The first-order valence-corrected chi connectivity index (χ1v) is 3.77. The average molecular weight is 170 g/mol. The molecule has 0 saturated heterocycles. The molecular weight excluding hydrogens is 164 g/mol. The summed E-state index contributed by atoms with van der Waals surface area (Å²) in [6.07, 6.45) is 0. The summed E-state index contributed by atoms with van der Waals surface area (Å²) < 4.78 is 0. The number of rotatable bonds is 0. The van der Waals surface area contributed by atoms with Crippen molar-refractivity contribution in [1.82, 2.24) is 4.98 Å². The Bertz CT molecular complexity index is 500. The first-order valence-electron chi connectivity index (χ1n) is 3.77. The molecule has 0 aliphatic rings. The number of para-hydroxylation sites is 1. The zero-order chi connectivity index (χ0) is 9.26. The molecule has 1 heterocycles. The first kappa shape index (κ1) is 7.56. The lowest BCUT2D eigenvalue weighted by Crippen LogP contribution is -1.78. The van der Waals surface area contributed by atoms with Crippen LogP contribution < -0.4 is 0 Å². The molecule has 1 aromatic carbocycles. The Morgan fingerprint density at radius 2 is 2.08 bits per heavy atom. The van der Waals surface area contributed by atoms with Crippen LogP contribution in [0.3, 0.4) is 0 Å². The van der Waals surface area contributed by atoms with Crippen molar-refractivity contribution in [2.24, 2.45) is 0 Å². The van der Waals surface area contributed by atoms with Crippen LogP contribution in [-0.4, -0.2) is 10.1 Å². The molecule has 0 radical (unpaired) electrons. The summed E-state index contributed by atoms with van der Waals surface area (Å²) >= 11 is 0. The molecule has 0 saturated carbocycles. The number of hydrogen-bond acceptors (Lipinski definition) is 2. The number of fused-ring (bicyclic) bond motifs is 1. The molecule has 13 heavy (non-hydrogen) atoms. The van der Waals surface area contributed by atoms with E-state index in [0.717, 1.165) is 5.39 Å². The Labute approximate surface area is 75.1 Å². The molecule has 3 heteroatoms. The van der Waals surface area contributed by atoms with Crippen molar-refractivity contribution in [3.63, 3.8) is 0 Å². The molecule has 2 rings (SSSR count). The van der Waals surface area contributed by atoms with Crippen LogP contribution in [0, 0.1) is 6.57 Å². The van der Waals surface area contributed by atoms with E-state index in [4.69, 9.17) is 6.57 Å². The van der Waals surface area contributed by atoms with Crippen LogP contribution in [-0.2, 0) is 0 Å². The Morgan fingerprint density at radius 3 is 2.85 bits per heavy atom. The Hall–Kier alpha value is -2.08. The molecule has 3 nitrogen and oxygen atoms in total. The predicted molar refractivity (Wildman–Crippen MR) is 49.7 cm³/mol. The Balaban J connectivity index is 2.84. The number of benzene rings is 1. The third-order valence-electron chi connectivity index (χ3n) is 1.80. The highest BCUT2D eigenvalue weighted by molar-refractivity contribution is 5.85. The van der Waals surface area contributed by atoms with Gasteiger partial charge in [-0.3, -0.25) is 0 Å². The number of aromatic nitrogens is 1. The van der Waals surface area contributed by atoms with Crippen molar-refractivity contribution in [3.8, 4) is 5.75 Å². The zero-order valence-corrected chi connectivity index (χ0v) is 6.73. The van der Waals surface area contributed by atoms with Gasteiger partial charge in [-0.25, -0.2) is 0 Å². The van der Waals surface area contributed by atoms with Gasteiger partial charge in [0.15, 0.2) is 5.75 Å². The van der Waals surface area contributed by atoms with Crippen LogP contribution in [0.15, 0.2) is 30.3 Å². The number of pyridine rings is 1. The molecule has 2 aromatic rings. The fourth-order valence-corrected chi connectivity index (χ4v) is 1.18. The lowest BCUT2D eigenvalue weighted by molar-refractivity contribution is 0.480. The van der Waals surface area contributed by atoms with Gasteiger partial charge in [0.2, 0.25) is 5.52 Å². The van der Waals surface area contributed by atoms with E-state index in [1.165, 1.54) is 0 Å². The second kappa shape index (κ2) is 2.76. The summed E-state index contributed by atoms with van der Waals surface area (Å²) in [4.78, 5) is 7.18. The van der Waals surface area contributed by atoms with Crippen LogP contribution in [0.1, 0.15) is 0 Å². The van der Waals surface area contributed by atoms with Gasteiger partial charge in [0.1, 0.15) is 0 Å². The summed E-state index contributed by atoms with van der Waals surface area (Å²) in [6, 6.07) is 8.56. The summed E-state index contributed by atoms with van der Waals surface area (Å²) in [5.74, 6) is 0.414. The molecule has 0 amide bonds. The lowest BCUT2D eigenvalue weighted by atomic mass is 10.2. The topological polar surface area (TPSA) is 37.5 Å². The van der Waals surface area contributed by atoms with E-state index in [9.17, 15) is 5.11 Å². The van der Waals surface area contributed by atoms with Gasteiger partial charge >= 0.3 is 0 Å². The Morgan fingerprint density at radius 1 is 1.23 bits per heavy atom. The Kier molecular flexibility index (Phi) is 1.60. The molecule has 0 spiro atoms. The maximum Gasteiger partial charge on any atom is 0.270 e. The van der Waals surface area contributed by atoms with E-state index in [2.05, 4.69) is 9.83 Å². The minimum atomic E-state index is 0.114. The van der Waals surface area contributed by atoms with Crippen LogP contribution in [0.2, 0.25) is 0 Å². The minimum absolute atomic E-state index is 0.114. The van der Waals surface area contributed by atoms with Gasteiger partial charge in [0.05, 0.1) is 0 Å². The van der Waals surface area contributed by atoms with Crippen molar-refractivity contribution >= 4 is 16.7 Å². The van der Waals surface area contributed by atoms with Crippen LogP contribution in [0.5, 0.6) is 5.75 Å². The van der Waals surface area contributed by atoms with Gasteiger partial charge in [-0.15, -0.1) is 4.98 Å². The van der Waals surface area contributed by atoms with Gasteiger partial charge in [-0.2, -0.15) is 0 Å². The minimum Gasteiger partial charge on any atom is -0.504 e. The van der Waals surface area contributed by atoms with Crippen molar-refractivity contribution < 1.29 is 5.11 Å². The average Bonchev–Trinajstić information content (AvgIpc) is 2.18. The van der Waals surface area contributed by atoms with Crippen molar-refractivity contribution in [2.45, 2.75) is 0 Å². The van der Waals surface area contributed by atoms with E-state index < -0.39 is 0 Å². The number of aromatic hydroxyl groups is 1. The number of nitrogens with zero attached hydrogens (tertiary/aromatic N) is 2. The van der Waals surface area contributed by atoms with Crippen molar-refractivity contribution in [3.05, 3.63) is 41.7 Å². The fourth-order valence-electron chi connectivity index (χ4n) is 1.18. The zero-order valence-electron chi connectivity index (χ0n) is 6.73. The van der Waals surface area contributed by atoms with Gasteiger partial charge in [0.25, 0.3) is 5.82 Å². The molecule has 0 atom stereocenters. The van der Waals surface area contributed by atoms with Gasteiger partial charge in [-0.1, -0.05) is 24.8 Å². The SMILES string of the molecule is [C-]#[N+]c1ccc2cccc(O)c2n1. The highest BCUT2D eigenvalue weighted by Gasteiger charge is 2.04. The maximum atomic E-state index is 9.43. The maximum absolute atomic E-state index is 9.43. The van der Waals surface area contributed by atoms with Gasteiger partial charge < -0.3 is 9.95 Å². The summed E-state index contributed by atoms with van der Waals surface area (Å²) in [5.41, 5.74) is 0.482. The highest BCUT2D eigenvalue weighted by Crippen LogP contribution is 2.24. The summed E-state index contributed by atoms with van der Waals surface area (Å²) in [5, 5.41) is 10.3. The largest absolute Gasteiger partial charge is 0.504 e. The fraction of sp³-hybridized carbons (Fsp3) is 0. The third kappa shape index (κ3) is 1.18. The van der Waals surface area contributed by atoms with Crippen LogP contribution >= 0.6 is 0 Å². The molecule has 62 valence electrons. The van der Waals surface area contributed by atoms with E-state index >= 15 is 0 Å². The van der Waals surface area contributed by atoms with E-state index in [1.807, 2.05) is 6.07 Å². The van der Waals surface area contributed by atoms with Crippen LogP contribution in [0.4, 0.5) is 5.82 Å². The standard InChI is InChI=1S/C10H6N2O/c1-11-9-6-5-7-3-2-4-8(13)10(7)12-9/h2-6,13H. The summed E-state index contributed by atoms with van der Waals surface area (Å²) in [6.45, 7) is 6.77. The molecule has 0 fully saturated rings.